The first kappa shape index (κ1) is 3.14. The molecule has 0 aliphatic rings. The van der Waals surface area contributed by atoms with E-state index in [9.17, 15) is 0 Å². The molecule has 0 aliphatic carbocycles. The van der Waals surface area contributed by atoms with Gasteiger partial charge in [0, 0.05) is 8.22 Å². The van der Waals surface area contributed by atoms with Crippen molar-refractivity contribution in [1.29, 1.82) is 1.43 Å². The maximum atomic E-state index is 7.30. The number of rotatable bonds is 6. The van der Waals surface area contributed by atoms with Crippen molar-refractivity contribution in [1.82, 2.24) is 0 Å². The molecule has 0 aromatic rings. The summed E-state index contributed by atoms with van der Waals surface area (Å²) in [7, 11) is 0. The van der Waals surface area contributed by atoms with Crippen LogP contribution in [0.3, 0.4) is 0 Å². The van der Waals surface area contributed by atoms with Crippen LogP contribution in [-0.4, -0.2) is 12.1 Å². The Hall–Kier alpha value is -0.0400. The predicted octanol–water partition coefficient (Wildman–Crippen LogP) is 2.73. The molecule has 0 atom stereocenters. The van der Waals surface area contributed by atoms with Crippen molar-refractivity contribution in [2.75, 3.05) is 0 Å². The molecule has 0 amide bonds. The molecular formula is C9H20O. The van der Waals surface area contributed by atoms with E-state index in [-0.39, 0.29) is 6.42 Å². The molecule has 0 radical (unpaired) electrons. The third-order valence-electron chi connectivity index (χ3n) is 1.38. The van der Waals surface area contributed by atoms with Gasteiger partial charge in [-0.2, -0.15) is 0 Å². The van der Waals surface area contributed by atoms with E-state index in [1.165, 1.54) is 0 Å². The standard InChI is InChI=1S/C9H20O/c1-4-5-6-7-8-9(2,3)10/h10H,4-8H2,1-3H3/i2D3,3D3,10D. The van der Waals surface area contributed by atoms with Crippen LogP contribution in [0, 0.1) is 0 Å². The maximum absolute atomic E-state index is 7.30. The van der Waals surface area contributed by atoms with Crippen molar-refractivity contribution in [2.45, 2.75) is 58.3 Å². The van der Waals surface area contributed by atoms with Gasteiger partial charge in [0.25, 0.3) is 0 Å². The van der Waals surface area contributed by atoms with Crippen molar-refractivity contribution in [2.24, 2.45) is 0 Å². The molecule has 0 bridgehead atoms. The van der Waals surface area contributed by atoms with Crippen LogP contribution in [0.1, 0.15) is 61.0 Å². The number of hydrogen-bond donors (Lipinski definition) is 1. The van der Waals surface area contributed by atoms with Gasteiger partial charge in [-0.25, -0.2) is 0 Å². The van der Waals surface area contributed by atoms with Crippen LogP contribution >= 0.6 is 0 Å². The average Bonchev–Trinajstić information content (AvgIpc) is 2.14. The third-order valence-corrected chi connectivity index (χ3v) is 1.38. The molecule has 0 unspecified atom stereocenters. The number of hydrogen-bond acceptors (Lipinski definition) is 1. The topological polar surface area (TPSA) is 20.2 Å². The minimum Gasteiger partial charge on any atom is -0.390 e. The molecule has 0 heterocycles. The third kappa shape index (κ3) is 7.96. The SMILES string of the molecule is [2H]OC(CCCCCC)(C([2H])([2H])[2H])C([2H])([2H])[2H]. The van der Waals surface area contributed by atoms with Crippen LogP contribution in [0.15, 0.2) is 0 Å². The van der Waals surface area contributed by atoms with Crippen molar-refractivity contribution in [3.05, 3.63) is 0 Å². The van der Waals surface area contributed by atoms with E-state index >= 15 is 0 Å². The molecule has 10 heavy (non-hydrogen) atoms. The van der Waals surface area contributed by atoms with Crippen LogP contribution in [0.2, 0.25) is 0 Å². The number of aliphatic hydroxyl groups is 1. The Morgan fingerprint density at radius 2 is 2.20 bits per heavy atom. The highest BCUT2D eigenvalue weighted by molar-refractivity contribution is 4.63. The Morgan fingerprint density at radius 1 is 1.40 bits per heavy atom. The Bertz CT molecular complexity index is 206. The zero-order valence-electron chi connectivity index (χ0n) is 13.4. The predicted molar refractivity (Wildman–Crippen MR) is 45.1 cm³/mol. The fourth-order valence-corrected chi connectivity index (χ4v) is 0.801. The summed E-state index contributed by atoms with van der Waals surface area (Å²) < 4.78 is 50.7. The molecule has 1 heteroatoms. The van der Waals surface area contributed by atoms with Crippen LogP contribution in [0.25, 0.3) is 0 Å². The second-order valence-electron chi connectivity index (χ2n) is 2.64. The second kappa shape index (κ2) is 4.73. The average molecular weight is 151 g/mol. The molecule has 62 valence electrons. The lowest BCUT2D eigenvalue weighted by Gasteiger charge is -2.15. The molecule has 0 rings (SSSR count). The van der Waals surface area contributed by atoms with Gasteiger partial charge >= 0.3 is 0 Å². The summed E-state index contributed by atoms with van der Waals surface area (Å²) in [6.45, 7) is -3.65. The summed E-state index contributed by atoms with van der Waals surface area (Å²) in [4.78, 5) is 0. The fourth-order valence-electron chi connectivity index (χ4n) is 0.801. The van der Waals surface area contributed by atoms with Crippen LogP contribution in [0.5, 0.6) is 0 Å². The van der Waals surface area contributed by atoms with E-state index in [1.807, 2.05) is 6.92 Å². The van der Waals surface area contributed by atoms with Gasteiger partial charge in [0.1, 0.15) is 0 Å². The summed E-state index contributed by atoms with van der Waals surface area (Å²) in [6.07, 6.45) is 2.91. The van der Waals surface area contributed by atoms with E-state index in [0.29, 0.717) is 6.42 Å². The van der Waals surface area contributed by atoms with Gasteiger partial charge in [-0.1, -0.05) is 32.6 Å². The molecule has 0 aromatic heterocycles. The molecule has 1 nitrogen and oxygen atoms in total. The lowest BCUT2D eigenvalue weighted by atomic mass is 10.0. The summed E-state index contributed by atoms with van der Waals surface area (Å²) >= 11 is 0. The van der Waals surface area contributed by atoms with Crippen molar-refractivity contribution in [3.8, 4) is 0 Å². The van der Waals surface area contributed by atoms with Gasteiger partial charge in [0.05, 0.1) is 5.60 Å². The number of unbranched alkanes of at least 4 members (excludes halogenated alkanes) is 3. The maximum Gasteiger partial charge on any atom is 0.211 e. The van der Waals surface area contributed by atoms with Gasteiger partial charge < -0.3 is 5.11 Å². The first-order valence-corrected chi connectivity index (χ1v) is 3.76. The highest BCUT2D eigenvalue weighted by Crippen LogP contribution is 2.13. The smallest absolute Gasteiger partial charge is 0.211 e. The lowest BCUT2D eigenvalue weighted by Crippen LogP contribution is -2.17. The van der Waals surface area contributed by atoms with E-state index < -0.39 is 19.3 Å². The summed E-state index contributed by atoms with van der Waals surface area (Å²) in [6, 6.07) is 0. The molecule has 0 saturated heterocycles. The summed E-state index contributed by atoms with van der Waals surface area (Å²) in [5.41, 5.74) is -2.37. The molecule has 0 spiro atoms. The zero-order chi connectivity index (χ0) is 13.7. The van der Waals surface area contributed by atoms with Gasteiger partial charge in [0.15, 0.2) is 0 Å². The first-order chi connectivity index (χ1) is 7.62. The van der Waals surface area contributed by atoms with Crippen LogP contribution < -0.4 is 0 Å². The van der Waals surface area contributed by atoms with Crippen molar-refractivity contribution >= 4 is 0 Å². The minimum absolute atomic E-state index is 0.149. The zero-order valence-corrected chi connectivity index (χ0v) is 6.44. The van der Waals surface area contributed by atoms with Crippen molar-refractivity contribution < 1.29 is 13.3 Å². The van der Waals surface area contributed by atoms with Gasteiger partial charge in [0.2, 0.25) is 1.43 Å². The minimum atomic E-state index is -2.83. The second-order valence-corrected chi connectivity index (χ2v) is 2.64. The van der Waals surface area contributed by atoms with E-state index in [2.05, 4.69) is 5.11 Å². The molecular weight excluding hydrogens is 124 g/mol. The normalized spacial score (nSPS) is 24.7. The Balaban J connectivity index is 4.85. The van der Waals surface area contributed by atoms with Crippen LogP contribution in [-0.2, 0) is 0 Å². The monoisotopic (exact) mass is 151 g/mol. The van der Waals surface area contributed by atoms with Gasteiger partial charge in [-0.15, -0.1) is 0 Å². The Morgan fingerprint density at radius 3 is 2.70 bits per heavy atom. The van der Waals surface area contributed by atoms with Gasteiger partial charge in [-0.05, 0) is 20.1 Å². The first-order valence-electron chi connectivity index (χ1n) is 7.17. The molecule has 0 aliphatic heterocycles. The quantitative estimate of drug-likeness (QED) is 0.579. The van der Waals surface area contributed by atoms with E-state index in [1.54, 1.807) is 0 Å². The largest absolute Gasteiger partial charge is 0.390 e. The fraction of sp³-hybridized carbons (Fsp3) is 1.00. The Kier molecular flexibility index (Phi) is 1.48. The lowest BCUT2D eigenvalue weighted by molar-refractivity contribution is 0.0680. The molecule has 0 saturated carbocycles. The van der Waals surface area contributed by atoms with E-state index in [4.69, 9.17) is 9.66 Å². The summed E-state index contributed by atoms with van der Waals surface area (Å²) in [5, 5.41) is 4.17. The summed E-state index contributed by atoms with van der Waals surface area (Å²) in [5.74, 6) is 0. The molecule has 1 N–H and O–H groups in total. The highest BCUT2D eigenvalue weighted by Gasteiger charge is 2.10. The van der Waals surface area contributed by atoms with Gasteiger partial charge in [-0.3, -0.25) is 0 Å². The Labute approximate surface area is 74.4 Å². The van der Waals surface area contributed by atoms with Crippen molar-refractivity contribution in [3.63, 3.8) is 0 Å². The molecule has 0 aromatic carbocycles. The van der Waals surface area contributed by atoms with E-state index in [0.717, 1.165) is 19.3 Å². The van der Waals surface area contributed by atoms with Crippen LogP contribution in [0.4, 0.5) is 0 Å². The highest BCUT2D eigenvalue weighted by atomic mass is 16.3. The molecule has 0 fully saturated rings.